The molecular weight excluding hydrogens is 483 g/mol. The highest BCUT2D eigenvalue weighted by molar-refractivity contribution is 5.92. The van der Waals surface area contributed by atoms with Crippen LogP contribution in [0.3, 0.4) is 0 Å². The number of aryl methyl sites for hydroxylation is 1. The van der Waals surface area contributed by atoms with Gasteiger partial charge in [-0.3, -0.25) is 9.20 Å². The van der Waals surface area contributed by atoms with Crippen LogP contribution < -0.4 is 15.8 Å². The molecule has 0 atom stereocenters. The molecule has 1 aliphatic heterocycles. The van der Waals surface area contributed by atoms with Crippen LogP contribution in [0, 0.1) is 0 Å². The number of alkyl halides is 3. The quantitative estimate of drug-likeness (QED) is 0.394. The minimum Gasteiger partial charge on any atom is -0.368 e. The molecule has 3 aromatic heterocycles. The van der Waals surface area contributed by atoms with Gasteiger partial charge in [0, 0.05) is 50.0 Å². The number of rotatable bonds is 3. The average Bonchev–Trinajstić information content (AvgIpc) is 3.27. The molecule has 5 aromatic rings. The normalized spacial score (nSPS) is 15.2. The van der Waals surface area contributed by atoms with Gasteiger partial charge in [-0.1, -0.05) is 18.2 Å². The summed E-state index contributed by atoms with van der Waals surface area (Å²) < 4.78 is 45.4. The summed E-state index contributed by atoms with van der Waals surface area (Å²) in [6.45, 7) is 2.46. The van der Waals surface area contributed by atoms with E-state index in [1.807, 2.05) is 31.3 Å². The predicted octanol–water partition coefficient (Wildman–Crippen LogP) is 4.25. The fourth-order valence-corrected chi connectivity index (χ4v) is 4.94. The Labute approximate surface area is 209 Å². The number of aromatic nitrogens is 4. The molecule has 1 saturated heterocycles. The maximum Gasteiger partial charge on any atom is 0.418 e. The largest absolute Gasteiger partial charge is 0.418 e. The van der Waals surface area contributed by atoms with Gasteiger partial charge in [-0.2, -0.15) is 18.2 Å². The van der Waals surface area contributed by atoms with Gasteiger partial charge in [0.05, 0.1) is 17.3 Å². The third-order valence-electron chi connectivity index (χ3n) is 6.96. The number of benzene rings is 2. The lowest BCUT2D eigenvalue weighted by molar-refractivity contribution is -0.137. The molecule has 8 nitrogen and oxygen atoms in total. The van der Waals surface area contributed by atoms with E-state index in [1.54, 1.807) is 28.5 Å². The molecule has 2 aromatic carbocycles. The summed E-state index contributed by atoms with van der Waals surface area (Å²) in [5, 5.41) is 3.82. The lowest BCUT2D eigenvalue weighted by Gasteiger charge is -2.35. The molecule has 1 fully saturated rings. The minimum absolute atomic E-state index is 0.130. The Bertz CT molecular complexity index is 1720. The third-order valence-corrected chi connectivity index (χ3v) is 6.96. The zero-order valence-electron chi connectivity index (χ0n) is 20.3. The molecule has 0 radical (unpaired) electrons. The number of hydrogen-bond donors (Lipinski definition) is 1. The van der Waals surface area contributed by atoms with Crippen LogP contribution in [0.4, 0.5) is 30.5 Å². The van der Waals surface area contributed by atoms with E-state index in [-0.39, 0.29) is 22.9 Å². The summed E-state index contributed by atoms with van der Waals surface area (Å²) in [6, 6.07) is 13.6. The highest BCUT2D eigenvalue weighted by atomic mass is 19.4. The van der Waals surface area contributed by atoms with Crippen LogP contribution in [0.1, 0.15) is 5.56 Å². The Morgan fingerprint density at radius 3 is 2.43 bits per heavy atom. The van der Waals surface area contributed by atoms with E-state index in [0.29, 0.717) is 42.9 Å². The number of nitrogens with one attached hydrogen (secondary N) is 1. The summed E-state index contributed by atoms with van der Waals surface area (Å²) >= 11 is 0. The summed E-state index contributed by atoms with van der Waals surface area (Å²) in [6.07, 6.45) is -3.02. The highest BCUT2D eigenvalue weighted by Gasteiger charge is 2.36. The van der Waals surface area contributed by atoms with Crippen molar-refractivity contribution in [2.45, 2.75) is 6.18 Å². The van der Waals surface area contributed by atoms with E-state index < -0.39 is 11.7 Å². The smallest absolute Gasteiger partial charge is 0.368 e. The van der Waals surface area contributed by atoms with Crippen LogP contribution >= 0.6 is 0 Å². The average molecular weight is 508 g/mol. The Morgan fingerprint density at radius 1 is 0.919 bits per heavy atom. The molecule has 4 heterocycles. The predicted molar refractivity (Wildman–Crippen MR) is 138 cm³/mol. The highest BCUT2D eigenvalue weighted by Crippen LogP contribution is 2.39. The third kappa shape index (κ3) is 3.95. The number of likely N-dealkylation sites (N-methyl/N-ethyl adjacent to an activating group) is 1. The van der Waals surface area contributed by atoms with Gasteiger partial charge < -0.3 is 19.7 Å². The molecule has 0 saturated carbocycles. The van der Waals surface area contributed by atoms with Gasteiger partial charge in [-0.05, 0) is 37.4 Å². The Hall–Kier alpha value is -4.12. The van der Waals surface area contributed by atoms with E-state index in [2.05, 4.69) is 20.2 Å². The maximum atomic E-state index is 14.0. The van der Waals surface area contributed by atoms with E-state index in [9.17, 15) is 18.0 Å². The van der Waals surface area contributed by atoms with Crippen molar-refractivity contribution in [2.75, 3.05) is 43.4 Å². The summed E-state index contributed by atoms with van der Waals surface area (Å²) in [4.78, 5) is 25.7. The first kappa shape index (κ1) is 23.3. The van der Waals surface area contributed by atoms with Crippen molar-refractivity contribution < 1.29 is 13.2 Å². The first-order chi connectivity index (χ1) is 17.7. The SMILES string of the molecule is CN1CCN(c2ccc(Nc3ncc4c(n3)n3c(cc5ccccc53)c(=O)n4C)cc2C(F)(F)F)CC1. The number of piperazine rings is 1. The zero-order valence-corrected chi connectivity index (χ0v) is 20.3. The molecule has 0 spiro atoms. The van der Waals surface area contributed by atoms with Gasteiger partial charge in [0.15, 0.2) is 5.65 Å². The monoisotopic (exact) mass is 507 g/mol. The lowest BCUT2D eigenvalue weighted by atomic mass is 10.1. The molecule has 0 amide bonds. The number of nitrogens with zero attached hydrogens (tertiary/aromatic N) is 6. The Balaban J connectivity index is 1.44. The first-order valence-electron chi connectivity index (χ1n) is 11.9. The van der Waals surface area contributed by atoms with Crippen molar-refractivity contribution in [2.24, 2.45) is 7.05 Å². The zero-order chi connectivity index (χ0) is 25.9. The molecule has 37 heavy (non-hydrogen) atoms. The standard InChI is InChI=1S/C26H24F3N7O/c1-33-9-11-35(12-10-33)20-8-7-17(14-18(20)26(27,28)29)31-25-30-15-22-23(32-25)36-19-6-4-3-5-16(19)13-21(36)24(37)34(22)2/h3-8,13-15H,9-12H2,1-2H3,(H,30,31,32). The van der Waals surface area contributed by atoms with E-state index in [1.165, 1.54) is 16.8 Å². The Kier molecular flexibility index (Phi) is 5.34. The van der Waals surface area contributed by atoms with Crippen molar-refractivity contribution in [3.63, 3.8) is 0 Å². The molecule has 0 bridgehead atoms. The van der Waals surface area contributed by atoms with E-state index in [4.69, 9.17) is 0 Å². The van der Waals surface area contributed by atoms with Crippen LogP contribution in [0.5, 0.6) is 0 Å². The van der Waals surface area contributed by atoms with Gasteiger partial charge in [0.1, 0.15) is 11.0 Å². The molecule has 1 aliphatic rings. The van der Waals surface area contributed by atoms with Gasteiger partial charge in [0.2, 0.25) is 5.95 Å². The number of fused-ring (bicyclic) bond motifs is 5. The van der Waals surface area contributed by atoms with Crippen molar-refractivity contribution >= 4 is 44.9 Å². The van der Waals surface area contributed by atoms with Crippen LogP contribution in [0.25, 0.3) is 27.6 Å². The second kappa shape index (κ2) is 8.48. The van der Waals surface area contributed by atoms with E-state index in [0.717, 1.165) is 17.0 Å². The fourth-order valence-electron chi connectivity index (χ4n) is 4.94. The van der Waals surface area contributed by atoms with Crippen LogP contribution in [-0.2, 0) is 13.2 Å². The van der Waals surface area contributed by atoms with Crippen LogP contribution in [0.2, 0.25) is 0 Å². The van der Waals surface area contributed by atoms with Gasteiger partial charge in [-0.25, -0.2) is 4.98 Å². The number of hydrogen-bond acceptors (Lipinski definition) is 6. The van der Waals surface area contributed by atoms with Crippen molar-refractivity contribution in [3.05, 3.63) is 70.6 Å². The van der Waals surface area contributed by atoms with Gasteiger partial charge >= 0.3 is 6.18 Å². The lowest BCUT2D eigenvalue weighted by Crippen LogP contribution is -2.45. The number of halogens is 3. The summed E-state index contributed by atoms with van der Waals surface area (Å²) in [5.41, 5.74) is 1.74. The molecule has 0 unspecified atom stereocenters. The Morgan fingerprint density at radius 2 is 1.68 bits per heavy atom. The van der Waals surface area contributed by atoms with Crippen molar-refractivity contribution in [1.29, 1.82) is 0 Å². The van der Waals surface area contributed by atoms with Crippen LogP contribution in [0.15, 0.2) is 59.5 Å². The molecule has 0 aliphatic carbocycles. The topological polar surface area (TPSA) is 70.7 Å². The fraction of sp³-hybridized carbons (Fsp3) is 0.269. The van der Waals surface area contributed by atoms with Crippen LogP contribution in [-0.4, -0.2) is 57.1 Å². The molecule has 11 heteroatoms. The second-order valence-electron chi connectivity index (χ2n) is 9.34. The molecule has 6 rings (SSSR count). The van der Waals surface area contributed by atoms with Gasteiger partial charge in [-0.15, -0.1) is 0 Å². The van der Waals surface area contributed by atoms with E-state index >= 15 is 0 Å². The summed E-state index contributed by atoms with van der Waals surface area (Å²) in [5.74, 6) is 0.130. The summed E-state index contributed by atoms with van der Waals surface area (Å²) in [7, 11) is 3.60. The van der Waals surface area contributed by atoms with Crippen molar-refractivity contribution in [3.8, 4) is 0 Å². The van der Waals surface area contributed by atoms with Crippen molar-refractivity contribution in [1.82, 2.24) is 23.8 Å². The maximum absolute atomic E-state index is 14.0. The number of para-hydroxylation sites is 1. The molecular formula is C26H24F3N7O. The molecule has 1 N–H and O–H groups in total. The van der Waals surface area contributed by atoms with Gasteiger partial charge in [0.25, 0.3) is 5.56 Å². The number of anilines is 3. The minimum atomic E-state index is -4.52. The molecule has 190 valence electrons. The first-order valence-corrected chi connectivity index (χ1v) is 11.9. The second-order valence-corrected chi connectivity index (χ2v) is 9.34.